The highest BCUT2D eigenvalue weighted by Crippen LogP contribution is 2.22. The highest BCUT2D eigenvalue weighted by atomic mass is 35.5. The summed E-state index contributed by atoms with van der Waals surface area (Å²) in [4.78, 5) is 15.8. The minimum absolute atomic E-state index is 0.325. The first-order valence-corrected chi connectivity index (χ1v) is 8.60. The quantitative estimate of drug-likeness (QED) is 0.725. The van der Waals surface area contributed by atoms with Gasteiger partial charge in [-0.25, -0.2) is 0 Å². The van der Waals surface area contributed by atoms with Gasteiger partial charge in [0.1, 0.15) is 0 Å². The molecule has 4 heteroatoms. The Kier molecular flexibility index (Phi) is 6.18. The molecule has 0 bridgehead atoms. The third-order valence-electron chi connectivity index (χ3n) is 3.78. The molecule has 2 rings (SSSR count). The molecule has 1 aromatic rings. The number of piperidine rings is 1. The van der Waals surface area contributed by atoms with Crippen molar-refractivity contribution in [3.05, 3.63) is 22.4 Å². The number of amides is 1. The van der Waals surface area contributed by atoms with E-state index in [0.29, 0.717) is 24.2 Å². The Morgan fingerprint density at radius 1 is 1.47 bits per heavy atom. The summed E-state index contributed by atoms with van der Waals surface area (Å²) in [7, 11) is 0. The van der Waals surface area contributed by atoms with Gasteiger partial charge in [-0.1, -0.05) is 6.07 Å². The standard InChI is InChI=1S/C15H22ClNOS/c16-10-9-13-5-1-2-11-17(13)15(18)8-3-6-14-7-4-12-19-14/h4,7,12-13H,1-3,5-6,8-11H2. The van der Waals surface area contributed by atoms with E-state index in [9.17, 15) is 4.79 Å². The lowest BCUT2D eigenvalue weighted by molar-refractivity contribution is -0.135. The highest BCUT2D eigenvalue weighted by molar-refractivity contribution is 7.09. The van der Waals surface area contributed by atoms with Crippen molar-refractivity contribution in [1.29, 1.82) is 0 Å². The normalized spacial score (nSPS) is 19.6. The van der Waals surface area contributed by atoms with E-state index >= 15 is 0 Å². The molecule has 1 aromatic heterocycles. The zero-order valence-electron chi connectivity index (χ0n) is 11.3. The lowest BCUT2D eigenvalue weighted by Crippen LogP contribution is -2.43. The lowest BCUT2D eigenvalue weighted by atomic mass is 9.99. The number of carbonyl (C=O) groups excluding carboxylic acids is 1. The Labute approximate surface area is 124 Å². The number of hydrogen-bond acceptors (Lipinski definition) is 2. The van der Waals surface area contributed by atoms with E-state index in [-0.39, 0.29) is 0 Å². The Bertz CT molecular complexity index is 378. The summed E-state index contributed by atoms with van der Waals surface area (Å²) in [6.45, 7) is 0.930. The number of nitrogens with zero attached hydrogens (tertiary/aromatic N) is 1. The van der Waals surface area contributed by atoms with Crippen LogP contribution < -0.4 is 0 Å². The Morgan fingerprint density at radius 2 is 2.37 bits per heavy atom. The molecule has 0 saturated carbocycles. The number of hydrogen-bond donors (Lipinski definition) is 0. The van der Waals surface area contributed by atoms with Crippen LogP contribution in [0.25, 0.3) is 0 Å². The Morgan fingerprint density at radius 3 is 3.11 bits per heavy atom. The second kappa shape index (κ2) is 7.91. The average molecular weight is 300 g/mol. The fourth-order valence-electron chi connectivity index (χ4n) is 2.77. The van der Waals surface area contributed by atoms with Crippen molar-refractivity contribution in [2.45, 2.75) is 51.0 Å². The zero-order valence-corrected chi connectivity index (χ0v) is 12.9. The van der Waals surface area contributed by atoms with E-state index in [4.69, 9.17) is 11.6 Å². The van der Waals surface area contributed by atoms with Crippen LogP contribution in [0.1, 0.15) is 43.4 Å². The number of halogens is 1. The van der Waals surface area contributed by atoms with Crippen molar-refractivity contribution >= 4 is 28.8 Å². The lowest BCUT2D eigenvalue weighted by Gasteiger charge is -2.35. The van der Waals surface area contributed by atoms with E-state index in [1.165, 1.54) is 11.3 Å². The predicted molar refractivity (Wildman–Crippen MR) is 81.9 cm³/mol. The van der Waals surface area contributed by atoms with Crippen LogP contribution in [0.3, 0.4) is 0 Å². The van der Waals surface area contributed by atoms with E-state index in [1.807, 2.05) is 0 Å². The average Bonchev–Trinajstić information content (AvgIpc) is 2.93. The largest absolute Gasteiger partial charge is 0.340 e. The van der Waals surface area contributed by atoms with Crippen LogP contribution in [0, 0.1) is 0 Å². The summed E-state index contributed by atoms with van der Waals surface area (Å²) in [6, 6.07) is 4.61. The number of carbonyl (C=O) groups is 1. The zero-order chi connectivity index (χ0) is 13.5. The number of aryl methyl sites for hydroxylation is 1. The van der Waals surface area contributed by atoms with Crippen molar-refractivity contribution < 1.29 is 4.79 Å². The molecule has 2 nitrogen and oxygen atoms in total. The molecule has 0 N–H and O–H groups in total. The van der Waals surface area contributed by atoms with Crippen molar-refractivity contribution in [2.75, 3.05) is 12.4 Å². The first-order chi connectivity index (χ1) is 9.31. The smallest absolute Gasteiger partial charge is 0.222 e. The van der Waals surface area contributed by atoms with Crippen LogP contribution in [-0.2, 0) is 11.2 Å². The fourth-order valence-corrected chi connectivity index (χ4v) is 3.77. The summed E-state index contributed by atoms with van der Waals surface area (Å²) >= 11 is 7.62. The van der Waals surface area contributed by atoms with Crippen molar-refractivity contribution in [1.82, 2.24) is 4.90 Å². The molecule has 0 radical (unpaired) electrons. The molecule has 1 aliphatic heterocycles. The van der Waals surface area contributed by atoms with Gasteiger partial charge in [-0.2, -0.15) is 0 Å². The summed E-state index contributed by atoms with van der Waals surface area (Å²) in [5, 5.41) is 2.10. The van der Waals surface area contributed by atoms with Gasteiger partial charge >= 0.3 is 0 Å². The second-order valence-corrected chi connectivity index (χ2v) is 6.56. The summed E-state index contributed by atoms with van der Waals surface area (Å²) < 4.78 is 0. The molecule has 1 amide bonds. The summed E-state index contributed by atoms with van der Waals surface area (Å²) in [5.74, 6) is 0.982. The molecule has 0 aromatic carbocycles. The first kappa shape index (κ1) is 14.9. The van der Waals surface area contributed by atoms with Crippen LogP contribution in [0.15, 0.2) is 17.5 Å². The van der Waals surface area contributed by atoms with Gasteiger partial charge in [-0.3, -0.25) is 4.79 Å². The maximum atomic E-state index is 12.3. The van der Waals surface area contributed by atoms with Crippen LogP contribution in [0.4, 0.5) is 0 Å². The molecule has 1 aliphatic rings. The van der Waals surface area contributed by atoms with Crippen molar-refractivity contribution in [3.63, 3.8) is 0 Å². The van der Waals surface area contributed by atoms with Gasteiger partial charge in [0.25, 0.3) is 0 Å². The summed E-state index contributed by atoms with van der Waals surface area (Å²) in [6.07, 6.45) is 7.12. The van der Waals surface area contributed by atoms with Gasteiger partial charge in [-0.05, 0) is 50.0 Å². The first-order valence-electron chi connectivity index (χ1n) is 7.19. The molecule has 1 fully saturated rings. The number of rotatable bonds is 6. The minimum Gasteiger partial charge on any atom is -0.340 e. The number of likely N-dealkylation sites (tertiary alicyclic amines) is 1. The SMILES string of the molecule is O=C(CCCc1cccs1)N1CCCCC1CCCl. The van der Waals surface area contributed by atoms with Gasteiger partial charge in [0.15, 0.2) is 0 Å². The van der Waals surface area contributed by atoms with E-state index in [0.717, 1.165) is 38.6 Å². The van der Waals surface area contributed by atoms with Crippen LogP contribution in [0.5, 0.6) is 0 Å². The van der Waals surface area contributed by atoms with Crippen molar-refractivity contribution in [2.24, 2.45) is 0 Å². The molecule has 1 atom stereocenters. The molecule has 0 aliphatic carbocycles. The van der Waals surface area contributed by atoms with Crippen LogP contribution >= 0.6 is 22.9 Å². The third-order valence-corrected chi connectivity index (χ3v) is 4.94. The molecular formula is C15H22ClNOS. The molecule has 0 spiro atoms. The van der Waals surface area contributed by atoms with Gasteiger partial charge in [0.2, 0.25) is 5.91 Å². The van der Waals surface area contributed by atoms with Gasteiger partial charge in [0, 0.05) is 29.8 Å². The second-order valence-electron chi connectivity index (χ2n) is 5.15. The van der Waals surface area contributed by atoms with Gasteiger partial charge in [0.05, 0.1) is 0 Å². The topological polar surface area (TPSA) is 20.3 Å². The monoisotopic (exact) mass is 299 g/mol. The maximum absolute atomic E-state index is 12.3. The van der Waals surface area contributed by atoms with E-state index in [1.54, 1.807) is 11.3 Å². The van der Waals surface area contributed by atoms with Crippen LogP contribution in [-0.4, -0.2) is 29.3 Å². The fraction of sp³-hybridized carbons (Fsp3) is 0.667. The molecule has 1 saturated heterocycles. The van der Waals surface area contributed by atoms with Gasteiger partial charge < -0.3 is 4.90 Å². The van der Waals surface area contributed by atoms with Crippen LogP contribution in [0.2, 0.25) is 0 Å². The van der Waals surface area contributed by atoms with Gasteiger partial charge in [-0.15, -0.1) is 22.9 Å². The molecule has 106 valence electrons. The van der Waals surface area contributed by atoms with E-state index in [2.05, 4.69) is 22.4 Å². The third kappa shape index (κ3) is 4.50. The highest BCUT2D eigenvalue weighted by Gasteiger charge is 2.25. The number of alkyl halides is 1. The minimum atomic E-state index is 0.325. The molecule has 2 heterocycles. The number of thiophene rings is 1. The molecular weight excluding hydrogens is 278 g/mol. The molecule has 19 heavy (non-hydrogen) atoms. The summed E-state index contributed by atoms with van der Waals surface area (Å²) in [5.41, 5.74) is 0. The predicted octanol–water partition coefficient (Wildman–Crippen LogP) is 4.08. The Balaban J connectivity index is 1.77. The maximum Gasteiger partial charge on any atom is 0.222 e. The molecule has 1 unspecified atom stereocenters. The Hall–Kier alpha value is -0.540. The van der Waals surface area contributed by atoms with Crippen molar-refractivity contribution in [3.8, 4) is 0 Å². The van der Waals surface area contributed by atoms with E-state index < -0.39 is 0 Å².